The topological polar surface area (TPSA) is 154 Å². The first kappa shape index (κ1) is 37.2. The Morgan fingerprint density at radius 2 is 1.22 bits per heavy atom. The first-order chi connectivity index (χ1) is 24.6. The summed E-state index contributed by atoms with van der Waals surface area (Å²) in [7, 11) is 0. The second kappa shape index (κ2) is 18.8. The first-order valence-electron chi connectivity index (χ1n) is 15.6. The van der Waals surface area contributed by atoms with Crippen molar-refractivity contribution < 1.29 is 23.5 Å². The number of hydrogen-bond acceptors (Lipinski definition) is 7. The van der Waals surface area contributed by atoms with Gasteiger partial charge in [-0.1, -0.05) is 60.7 Å². The molecule has 2 atom stereocenters. The maximum absolute atomic E-state index is 13.6. The second-order valence-electron chi connectivity index (χ2n) is 10.9. The Labute approximate surface area is 293 Å². The van der Waals surface area contributed by atoms with Crippen molar-refractivity contribution >= 4 is 24.0 Å². The van der Waals surface area contributed by atoms with Crippen LogP contribution in [0.4, 0.5) is 8.78 Å². The molecule has 0 saturated heterocycles. The summed E-state index contributed by atoms with van der Waals surface area (Å²) in [6, 6.07) is 27.7. The fourth-order valence-electron chi connectivity index (χ4n) is 4.46. The largest absolute Gasteiger partial charge is 0.478 e. The third kappa shape index (κ3) is 11.8. The molecule has 11 nitrogen and oxygen atoms in total. The molecular weight excluding hydrogens is 654 g/mol. The van der Waals surface area contributed by atoms with Gasteiger partial charge in [-0.05, 0) is 73.5 Å². The average Bonchev–Trinajstić information content (AvgIpc) is 3.88. The molecule has 0 saturated carbocycles. The lowest BCUT2D eigenvalue weighted by atomic mass is 10.1. The normalized spacial score (nSPS) is 11.9. The molecule has 0 spiro atoms. The molecule has 0 radical (unpaired) electrons. The minimum absolute atomic E-state index is 0.0403. The van der Waals surface area contributed by atoms with Crippen LogP contribution in [0.3, 0.4) is 0 Å². The molecule has 4 aromatic carbocycles. The molecule has 0 fully saturated rings. The van der Waals surface area contributed by atoms with Gasteiger partial charge in [0, 0.05) is 29.3 Å². The Hall–Kier alpha value is -6.60. The van der Waals surface area contributed by atoms with Crippen molar-refractivity contribution in [2.24, 2.45) is 5.73 Å². The average molecular weight is 691 g/mol. The van der Waals surface area contributed by atoms with Crippen molar-refractivity contribution in [1.82, 2.24) is 34.8 Å². The summed E-state index contributed by atoms with van der Waals surface area (Å²) in [6.07, 6.45) is 11.2. The van der Waals surface area contributed by atoms with Gasteiger partial charge in [-0.2, -0.15) is 10.2 Å². The predicted molar refractivity (Wildman–Crippen MR) is 190 cm³/mol. The Morgan fingerprint density at radius 1 is 0.725 bits per heavy atom. The van der Waals surface area contributed by atoms with Crippen molar-refractivity contribution in [1.29, 1.82) is 0 Å². The first-order valence-corrected chi connectivity index (χ1v) is 15.6. The van der Waals surface area contributed by atoms with E-state index in [9.17, 15) is 18.4 Å². The smallest absolute Gasteiger partial charge is 0.328 e. The Kier molecular flexibility index (Phi) is 13.7. The summed E-state index contributed by atoms with van der Waals surface area (Å²) in [6.45, 7) is 3.84. The number of carboxylic acids is 1. The highest BCUT2D eigenvalue weighted by Crippen LogP contribution is 2.17. The van der Waals surface area contributed by atoms with Gasteiger partial charge in [-0.15, -0.1) is 0 Å². The van der Waals surface area contributed by atoms with Crippen LogP contribution in [0.2, 0.25) is 0 Å². The number of carbonyl (C=O) groups excluding carboxylic acids is 1. The van der Waals surface area contributed by atoms with Gasteiger partial charge in [-0.3, -0.25) is 4.79 Å². The van der Waals surface area contributed by atoms with E-state index in [1.807, 2.05) is 62.4 Å². The quantitative estimate of drug-likeness (QED) is 0.145. The summed E-state index contributed by atoms with van der Waals surface area (Å²) in [5.74, 6) is -2.16. The molecule has 2 aromatic heterocycles. The van der Waals surface area contributed by atoms with Gasteiger partial charge in [0.05, 0.1) is 17.4 Å². The number of rotatable bonds is 9. The molecule has 0 bridgehead atoms. The number of nitrogens with zero attached hydrogens (tertiary/aromatic N) is 6. The number of carboxylic acid groups (broad SMARTS) is 1. The molecular formula is C38H36F2N8O3. The standard InChI is InChI=1S/C19H17FN4O.C10H12N4.C9H7FO2/c1-14(16-6-4-7-17(11-16)24-13-21-12-22-24)23-19(25)10-9-15-5-2-3-8-18(15)20;1-8(11)9-3-2-4-10(5-9)14-7-12-6-13-14;10-8-4-2-1-3-7(8)5-6-9(11)12/h2-14H,1H3,(H,23,25);2-8H,11H2,1H3;1-6H,(H,11,12)/b10-9+;;6-5+/t14-;8-;/m00./s1. The Morgan fingerprint density at radius 3 is 1.69 bits per heavy atom. The molecule has 2 heterocycles. The number of nitrogens with two attached hydrogens (primary N) is 1. The second-order valence-corrected chi connectivity index (χ2v) is 10.9. The number of nitrogens with one attached hydrogen (secondary N) is 1. The molecule has 51 heavy (non-hydrogen) atoms. The van der Waals surface area contributed by atoms with Gasteiger partial charge < -0.3 is 16.2 Å². The van der Waals surface area contributed by atoms with E-state index >= 15 is 0 Å². The molecule has 6 rings (SSSR count). The number of aliphatic carboxylic acids is 1. The van der Waals surface area contributed by atoms with Crippen molar-refractivity contribution in [3.8, 4) is 11.4 Å². The molecule has 13 heteroatoms. The summed E-state index contributed by atoms with van der Waals surface area (Å²) < 4.78 is 29.7. The SMILES string of the molecule is C[C@H](N)c1cccc(-n2cncn2)c1.C[C@H](NC(=O)/C=C/c1ccccc1F)c1cccc(-n2cncn2)c1.O=C(O)/C=C/c1ccccc1F. The number of carbonyl (C=O) groups is 2. The molecule has 0 unspecified atom stereocenters. The van der Waals surface area contributed by atoms with Gasteiger partial charge in [0.2, 0.25) is 5.91 Å². The minimum atomic E-state index is -1.08. The van der Waals surface area contributed by atoms with Crippen molar-refractivity contribution in [2.75, 3.05) is 0 Å². The third-order valence-electron chi connectivity index (χ3n) is 7.12. The molecule has 260 valence electrons. The predicted octanol–water partition coefficient (Wildman–Crippen LogP) is 6.51. The summed E-state index contributed by atoms with van der Waals surface area (Å²) in [5.41, 5.74) is 10.3. The van der Waals surface area contributed by atoms with E-state index < -0.39 is 11.8 Å². The van der Waals surface area contributed by atoms with E-state index in [4.69, 9.17) is 10.8 Å². The van der Waals surface area contributed by atoms with Gasteiger partial charge in [0.15, 0.2) is 0 Å². The zero-order valence-corrected chi connectivity index (χ0v) is 27.8. The maximum atomic E-state index is 13.6. The molecule has 4 N–H and O–H groups in total. The van der Waals surface area contributed by atoms with Gasteiger partial charge in [0.1, 0.15) is 36.9 Å². The van der Waals surface area contributed by atoms with Crippen molar-refractivity contribution in [2.45, 2.75) is 25.9 Å². The van der Waals surface area contributed by atoms with Crippen molar-refractivity contribution in [3.05, 3.63) is 168 Å². The zero-order valence-electron chi connectivity index (χ0n) is 27.8. The van der Waals surface area contributed by atoms with E-state index in [1.54, 1.807) is 52.4 Å². The van der Waals surface area contributed by atoms with E-state index in [-0.39, 0.29) is 29.4 Å². The number of hydrogen-bond donors (Lipinski definition) is 3. The van der Waals surface area contributed by atoms with Gasteiger partial charge >= 0.3 is 5.97 Å². The monoisotopic (exact) mass is 690 g/mol. The van der Waals surface area contributed by atoms with Crippen LogP contribution in [0, 0.1) is 11.6 Å². The molecule has 1 amide bonds. The summed E-state index contributed by atoms with van der Waals surface area (Å²) in [5, 5.41) is 19.3. The highest BCUT2D eigenvalue weighted by molar-refractivity contribution is 5.92. The highest BCUT2D eigenvalue weighted by Gasteiger charge is 2.09. The molecule has 0 aliphatic rings. The van der Waals surface area contributed by atoms with Crippen LogP contribution in [0.15, 0.2) is 135 Å². The number of benzene rings is 4. The van der Waals surface area contributed by atoms with E-state index in [2.05, 4.69) is 25.5 Å². The van der Waals surface area contributed by atoms with Gasteiger partial charge in [0.25, 0.3) is 0 Å². The lowest BCUT2D eigenvalue weighted by molar-refractivity contribution is -0.131. The summed E-state index contributed by atoms with van der Waals surface area (Å²) >= 11 is 0. The lowest BCUT2D eigenvalue weighted by Gasteiger charge is -2.14. The Balaban J connectivity index is 0.000000189. The van der Waals surface area contributed by atoms with Crippen LogP contribution in [0.5, 0.6) is 0 Å². The molecule has 0 aliphatic heterocycles. The Bertz CT molecular complexity index is 2060. The fourth-order valence-corrected chi connectivity index (χ4v) is 4.46. The fraction of sp³-hybridized carbons (Fsp3) is 0.105. The molecule has 6 aromatic rings. The van der Waals surface area contributed by atoms with E-state index in [0.29, 0.717) is 5.56 Å². The summed E-state index contributed by atoms with van der Waals surface area (Å²) in [4.78, 5) is 30.0. The lowest BCUT2D eigenvalue weighted by Crippen LogP contribution is -2.24. The van der Waals surface area contributed by atoms with Crippen LogP contribution in [-0.4, -0.2) is 46.5 Å². The van der Waals surface area contributed by atoms with Crippen LogP contribution >= 0.6 is 0 Å². The van der Waals surface area contributed by atoms with Crippen LogP contribution in [0.25, 0.3) is 23.5 Å². The number of aromatic nitrogens is 6. The molecule has 0 aliphatic carbocycles. The number of halogens is 2. The number of amides is 1. The minimum Gasteiger partial charge on any atom is -0.478 e. The van der Waals surface area contributed by atoms with Crippen molar-refractivity contribution in [3.63, 3.8) is 0 Å². The van der Waals surface area contributed by atoms with E-state index in [0.717, 1.165) is 28.6 Å². The van der Waals surface area contributed by atoms with Crippen LogP contribution in [-0.2, 0) is 9.59 Å². The highest BCUT2D eigenvalue weighted by atomic mass is 19.1. The van der Waals surface area contributed by atoms with Crippen LogP contribution in [0.1, 0.15) is 48.2 Å². The zero-order chi connectivity index (χ0) is 36.6. The maximum Gasteiger partial charge on any atom is 0.328 e. The van der Waals surface area contributed by atoms with Gasteiger partial charge in [-0.25, -0.2) is 32.9 Å². The third-order valence-corrected chi connectivity index (χ3v) is 7.12. The van der Waals surface area contributed by atoms with Crippen LogP contribution < -0.4 is 11.1 Å². The van der Waals surface area contributed by atoms with E-state index in [1.165, 1.54) is 49.1 Å².